The molecule has 4 heteroatoms. The van der Waals surface area contributed by atoms with Crippen molar-refractivity contribution in [3.63, 3.8) is 0 Å². The van der Waals surface area contributed by atoms with Gasteiger partial charge in [-0.25, -0.2) is 0 Å². The molecule has 20 heavy (non-hydrogen) atoms. The van der Waals surface area contributed by atoms with Crippen LogP contribution >= 0.6 is 0 Å². The fourth-order valence-corrected chi connectivity index (χ4v) is 2.70. The molecule has 0 spiro atoms. The summed E-state index contributed by atoms with van der Waals surface area (Å²) >= 11 is 0. The zero-order chi connectivity index (χ0) is 13.9. The van der Waals surface area contributed by atoms with Crippen LogP contribution in [0.1, 0.15) is 35.8 Å². The van der Waals surface area contributed by atoms with Crippen LogP contribution in [0.15, 0.2) is 34.9 Å². The molecular weight excluding hydrogens is 252 g/mol. The van der Waals surface area contributed by atoms with E-state index in [2.05, 4.69) is 28.7 Å². The van der Waals surface area contributed by atoms with Crippen LogP contribution in [-0.2, 0) is 6.54 Å². The van der Waals surface area contributed by atoms with Crippen LogP contribution in [-0.4, -0.2) is 18.3 Å². The second-order valence-corrected chi connectivity index (χ2v) is 5.45. The van der Waals surface area contributed by atoms with Gasteiger partial charge in [0.05, 0.1) is 12.8 Å². The molecular formula is C16H20N2O2. The van der Waals surface area contributed by atoms with Gasteiger partial charge >= 0.3 is 0 Å². The topological polar surface area (TPSA) is 47.3 Å². The van der Waals surface area contributed by atoms with Gasteiger partial charge in [-0.2, -0.15) is 0 Å². The molecule has 1 aliphatic rings. The van der Waals surface area contributed by atoms with Crippen molar-refractivity contribution in [2.45, 2.75) is 38.3 Å². The first-order valence-corrected chi connectivity index (χ1v) is 7.04. The number of nitrogens with one attached hydrogen (secondary N) is 1. The summed E-state index contributed by atoms with van der Waals surface area (Å²) in [5.74, 6) is 2.45. The molecule has 1 saturated carbocycles. The highest BCUT2D eigenvalue weighted by Crippen LogP contribution is 2.38. The van der Waals surface area contributed by atoms with Crippen LogP contribution < -0.4 is 10.1 Å². The third-order valence-electron chi connectivity index (χ3n) is 3.95. The number of rotatable bonds is 5. The van der Waals surface area contributed by atoms with Crippen molar-refractivity contribution in [3.05, 3.63) is 47.3 Å². The predicted molar refractivity (Wildman–Crippen MR) is 76.8 cm³/mol. The number of hydrogen-bond donors (Lipinski definition) is 1. The number of hydrogen-bond acceptors (Lipinski definition) is 4. The van der Waals surface area contributed by atoms with Gasteiger partial charge in [0, 0.05) is 18.7 Å². The molecule has 0 radical (unpaired) electrons. The molecule has 1 aromatic heterocycles. The monoisotopic (exact) mass is 272 g/mol. The number of aryl methyl sites for hydroxylation is 1. The molecule has 2 aromatic rings. The van der Waals surface area contributed by atoms with E-state index < -0.39 is 0 Å². The van der Waals surface area contributed by atoms with Gasteiger partial charge in [0.25, 0.3) is 0 Å². The maximum atomic E-state index is 5.27. The van der Waals surface area contributed by atoms with Crippen LogP contribution in [0.3, 0.4) is 0 Å². The molecule has 1 fully saturated rings. The molecule has 106 valence electrons. The van der Waals surface area contributed by atoms with E-state index in [1.54, 1.807) is 7.11 Å². The van der Waals surface area contributed by atoms with E-state index in [0.29, 0.717) is 12.0 Å². The lowest BCUT2D eigenvalue weighted by atomic mass is 9.76. The summed E-state index contributed by atoms with van der Waals surface area (Å²) in [5, 5.41) is 7.52. The molecule has 0 bridgehead atoms. The zero-order valence-electron chi connectivity index (χ0n) is 11.9. The number of nitrogens with zero attached hydrogens (tertiary/aromatic N) is 1. The van der Waals surface area contributed by atoms with Crippen molar-refractivity contribution < 1.29 is 9.26 Å². The third-order valence-corrected chi connectivity index (χ3v) is 3.95. The van der Waals surface area contributed by atoms with E-state index in [1.807, 2.05) is 19.1 Å². The van der Waals surface area contributed by atoms with Gasteiger partial charge in [-0.1, -0.05) is 17.3 Å². The number of methoxy groups -OCH3 is 1. The lowest BCUT2D eigenvalue weighted by molar-refractivity contribution is 0.285. The largest absolute Gasteiger partial charge is 0.497 e. The summed E-state index contributed by atoms with van der Waals surface area (Å²) in [4.78, 5) is 0. The molecule has 0 aliphatic heterocycles. The first-order valence-electron chi connectivity index (χ1n) is 7.04. The molecule has 0 unspecified atom stereocenters. The molecule has 3 rings (SSSR count). The Labute approximate surface area is 119 Å². The summed E-state index contributed by atoms with van der Waals surface area (Å²) in [5.41, 5.74) is 2.35. The number of ether oxygens (including phenoxy) is 1. The van der Waals surface area contributed by atoms with Gasteiger partial charge in [-0.15, -0.1) is 0 Å². The van der Waals surface area contributed by atoms with Crippen molar-refractivity contribution in [1.29, 1.82) is 0 Å². The third kappa shape index (κ3) is 2.85. The van der Waals surface area contributed by atoms with Crippen LogP contribution in [0.25, 0.3) is 0 Å². The Hall–Kier alpha value is -1.81. The second-order valence-electron chi connectivity index (χ2n) is 5.45. The molecule has 4 nitrogen and oxygen atoms in total. The van der Waals surface area contributed by atoms with E-state index in [9.17, 15) is 0 Å². The van der Waals surface area contributed by atoms with Crippen LogP contribution in [0.4, 0.5) is 0 Å². The number of benzene rings is 1. The Kier molecular flexibility index (Phi) is 3.74. The Bertz CT molecular complexity index is 573. The Morgan fingerprint density at radius 1 is 1.35 bits per heavy atom. The fourth-order valence-electron chi connectivity index (χ4n) is 2.70. The minimum Gasteiger partial charge on any atom is -0.497 e. The lowest BCUT2D eigenvalue weighted by Gasteiger charge is -2.36. The van der Waals surface area contributed by atoms with Gasteiger partial charge in [0.15, 0.2) is 0 Å². The molecule has 1 heterocycles. The van der Waals surface area contributed by atoms with E-state index in [-0.39, 0.29) is 0 Å². The molecule has 1 aromatic carbocycles. The normalized spacial score (nSPS) is 21.5. The van der Waals surface area contributed by atoms with Gasteiger partial charge in [-0.3, -0.25) is 0 Å². The van der Waals surface area contributed by atoms with E-state index in [0.717, 1.165) is 23.7 Å². The smallest absolute Gasteiger partial charge is 0.133 e. The minimum atomic E-state index is 0.572. The van der Waals surface area contributed by atoms with Gasteiger partial charge in [0.2, 0.25) is 0 Å². The Balaban J connectivity index is 1.48. The maximum Gasteiger partial charge on any atom is 0.133 e. The van der Waals surface area contributed by atoms with Crippen LogP contribution in [0.2, 0.25) is 0 Å². The molecule has 0 atom stereocenters. The lowest BCUT2D eigenvalue weighted by Crippen LogP contribution is -2.39. The van der Waals surface area contributed by atoms with E-state index in [4.69, 9.17) is 9.26 Å². The summed E-state index contributed by atoms with van der Waals surface area (Å²) in [7, 11) is 1.71. The highest BCUT2D eigenvalue weighted by Gasteiger charge is 2.30. The molecule has 1 aliphatic carbocycles. The van der Waals surface area contributed by atoms with Crippen LogP contribution in [0.5, 0.6) is 5.75 Å². The van der Waals surface area contributed by atoms with Crippen molar-refractivity contribution >= 4 is 0 Å². The van der Waals surface area contributed by atoms with E-state index >= 15 is 0 Å². The van der Waals surface area contributed by atoms with Crippen molar-refractivity contribution in [3.8, 4) is 5.75 Å². The highest BCUT2D eigenvalue weighted by molar-refractivity contribution is 5.32. The standard InChI is InChI=1S/C16H20N2O2/c1-11-6-15(18-20-11)10-17-14-7-13(8-14)12-4-3-5-16(9-12)19-2/h3-6,9,13-14,17H,7-8,10H2,1-2H3. The minimum absolute atomic E-state index is 0.572. The highest BCUT2D eigenvalue weighted by atomic mass is 16.5. The van der Waals surface area contributed by atoms with Crippen molar-refractivity contribution in [2.24, 2.45) is 0 Å². The van der Waals surface area contributed by atoms with Gasteiger partial charge < -0.3 is 14.6 Å². The summed E-state index contributed by atoms with van der Waals surface area (Å²) in [6.07, 6.45) is 2.34. The predicted octanol–water partition coefficient (Wildman–Crippen LogP) is 3.03. The van der Waals surface area contributed by atoms with Crippen molar-refractivity contribution in [2.75, 3.05) is 7.11 Å². The van der Waals surface area contributed by atoms with Gasteiger partial charge in [0.1, 0.15) is 11.5 Å². The first-order chi connectivity index (χ1) is 9.74. The summed E-state index contributed by atoms with van der Waals surface area (Å²) in [6, 6.07) is 10.9. The quantitative estimate of drug-likeness (QED) is 0.909. The molecule has 1 N–H and O–H groups in total. The zero-order valence-corrected chi connectivity index (χ0v) is 11.9. The average Bonchev–Trinajstić information content (AvgIpc) is 2.83. The number of aromatic nitrogens is 1. The second kappa shape index (κ2) is 5.67. The fraction of sp³-hybridized carbons (Fsp3) is 0.438. The molecule has 0 amide bonds. The average molecular weight is 272 g/mol. The summed E-state index contributed by atoms with van der Waals surface area (Å²) < 4.78 is 10.3. The van der Waals surface area contributed by atoms with Crippen molar-refractivity contribution in [1.82, 2.24) is 10.5 Å². The van der Waals surface area contributed by atoms with E-state index in [1.165, 1.54) is 18.4 Å². The molecule has 0 saturated heterocycles. The Morgan fingerprint density at radius 2 is 2.20 bits per heavy atom. The maximum absolute atomic E-state index is 5.27. The summed E-state index contributed by atoms with van der Waals surface area (Å²) in [6.45, 7) is 2.70. The SMILES string of the molecule is COc1cccc(C2CC(NCc3cc(C)on3)C2)c1. The Morgan fingerprint density at radius 3 is 2.90 bits per heavy atom. The van der Waals surface area contributed by atoms with Crippen LogP contribution in [0, 0.1) is 6.92 Å². The first kappa shape index (κ1) is 13.2. The van der Waals surface area contributed by atoms with Gasteiger partial charge in [-0.05, 0) is 43.4 Å².